The van der Waals surface area contributed by atoms with Crippen molar-refractivity contribution in [3.05, 3.63) is 102 Å². The smallest absolute Gasteiger partial charge is 0.261 e. The predicted molar refractivity (Wildman–Crippen MR) is 129 cm³/mol. The van der Waals surface area contributed by atoms with Crippen LogP contribution in [-0.4, -0.2) is 14.3 Å². The minimum atomic E-state index is -3.73. The molecule has 0 bridgehead atoms. The van der Waals surface area contributed by atoms with E-state index < -0.39 is 10.0 Å². The first-order valence-electron chi connectivity index (χ1n) is 10.3. The summed E-state index contributed by atoms with van der Waals surface area (Å²) in [6, 6.07) is 25.5. The van der Waals surface area contributed by atoms with Crippen molar-refractivity contribution in [3.8, 4) is 0 Å². The van der Waals surface area contributed by atoms with Crippen LogP contribution in [-0.2, 0) is 21.2 Å². The number of hydrogen-bond acceptors (Lipinski definition) is 3. The van der Waals surface area contributed by atoms with Gasteiger partial charge in [-0.15, -0.1) is 0 Å². The lowest BCUT2D eigenvalue weighted by atomic mass is 10.0. The molecule has 4 aromatic carbocycles. The Morgan fingerprint density at radius 3 is 2.16 bits per heavy atom. The molecule has 0 radical (unpaired) electrons. The zero-order valence-corrected chi connectivity index (χ0v) is 18.7. The van der Waals surface area contributed by atoms with Gasteiger partial charge in [0.25, 0.3) is 10.0 Å². The van der Waals surface area contributed by atoms with Gasteiger partial charge in [0.2, 0.25) is 5.91 Å². The number of amides is 1. The van der Waals surface area contributed by atoms with Gasteiger partial charge in [-0.05, 0) is 77.7 Å². The van der Waals surface area contributed by atoms with Gasteiger partial charge in [0.15, 0.2) is 0 Å². The van der Waals surface area contributed by atoms with Gasteiger partial charge in [0.1, 0.15) is 0 Å². The summed E-state index contributed by atoms with van der Waals surface area (Å²) in [7, 11) is -3.73. The monoisotopic (exact) mass is 444 g/mol. The Morgan fingerprint density at radius 1 is 0.781 bits per heavy atom. The van der Waals surface area contributed by atoms with Gasteiger partial charge in [0, 0.05) is 11.4 Å². The number of aryl methyl sites for hydroxylation is 2. The first kappa shape index (κ1) is 21.6. The number of anilines is 2. The predicted octanol–water partition coefficient (Wildman–Crippen LogP) is 5.44. The Kier molecular flexibility index (Phi) is 5.97. The third-order valence-electron chi connectivity index (χ3n) is 5.15. The van der Waals surface area contributed by atoms with Crippen LogP contribution in [0, 0.1) is 13.8 Å². The van der Waals surface area contributed by atoms with Crippen LogP contribution in [0.5, 0.6) is 0 Å². The number of benzene rings is 4. The van der Waals surface area contributed by atoms with Gasteiger partial charge in [0.05, 0.1) is 11.3 Å². The fraction of sp³-hybridized carbons (Fsp3) is 0.115. The third kappa shape index (κ3) is 4.98. The largest absolute Gasteiger partial charge is 0.326 e. The Labute approximate surface area is 188 Å². The van der Waals surface area contributed by atoms with Crippen LogP contribution in [0.3, 0.4) is 0 Å². The number of nitrogens with one attached hydrogen (secondary N) is 2. The van der Waals surface area contributed by atoms with Crippen LogP contribution in [0.2, 0.25) is 0 Å². The van der Waals surface area contributed by atoms with Crippen molar-refractivity contribution in [1.29, 1.82) is 0 Å². The highest BCUT2D eigenvalue weighted by Gasteiger charge is 2.15. The zero-order chi connectivity index (χ0) is 22.7. The standard InChI is InChI=1S/C26H24N2O3S/c1-18-14-19(2)16-23(15-18)28-32(30,31)24-12-10-22(11-13-24)27-26(29)17-21-8-5-7-20-6-3-4-9-25(20)21/h3-16,28H,17H2,1-2H3,(H,27,29). The first-order chi connectivity index (χ1) is 15.3. The van der Waals surface area contributed by atoms with Crippen molar-refractivity contribution in [3.63, 3.8) is 0 Å². The normalized spacial score (nSPS) is 11.3. The van der Waals surface area contributed by atoms with E-state index >= 15 is 0 Å². The molecular weight excluding hydrogens is 420 g/mol. The maximum Gasteiger partial charge on any atom is 0.261 e. The summed E-state index contributed by atoms with van der Waals surface area (Å²) in [5.41, 5.74) is 3.96. The quantitative estimate of drug-likeness (QED) is 0.416. The molecule has 4 aromatic rings. The van der Waals surface area contributed by atoms with E-state index in [1.54, 1.807) is 24.3 Å². The van der Waals surface area contributed by atoms with Gasteiger partial charge in [-0.3, -0.25) is 9.52 Å². The topological polar surface area (TPSA) is 75.3 Å². The number of hydrogen-bond donors (Lipinski definition) is 2. The average Bonchev–Trinajstić information content (AvgIpc) is 2.73. The van der Waals surface area contributed by atoms with Gasteiger partial charge >= 0.3 is 0 Å². The lowest BCUT2D eigenvalue weighted by molar-refractivity contribution is -0.115. The minimum absolute atomic E-state index is 0.128. The molecule has 5 nitrogen and oxygen atoms in total. The number of sulfonamides is 1. The molecule has 0 spiro atoms. The molecule has 0 aliphatic heterocycles. The van der Waals surface area contributed by atoms with E-state index in [2.05, 4.69) is 10.0 Å². The number of rotatable bonds is 6. The summed E-state index contributed by atoms with van der Waals surface area (Å²) in [5.74, 6) is -0.162. The second-order valence-electron chi connectivity index (χ2n) is 7.87. The zero-order valence-electron chi connectivity index (χ0n) is 17.9. The van der Waals surface area contributed by atoms with E-state index in [-0.39, 0.29) is 17.2 Å². The molecular formula is C26H24N2O3S. The average molecular weight is 445 g/mol. The van der Waals surface area contributed by atoms with E-state index in [4.69, 9.17) is 0 Å². The van der Waals surface area contributed by atoms with Crippen molar-refractivity contribution in [2.45, 2.75) is 25.2 Å². The van der Waals surface area contributed by atoms with Gasteiger partial charge < -0.3 is 5.32 Å². The fourth-order valence-electron chi connectivity index (χ4n) is 3.79. The molecule has 4 rings (SSSR count). The summed E-state index contributed by atoms with van der Waals surface area (Å²) in [5, 5.41) is 4.98. The fourth-order valence-corrected chi connectivity index (χ4v) is 4.83. The number of carbonyl (C=O) groups is 1. The lowest BCUT2D eigenvalue weighted by Gasteiger charge is -2.11. The Morgan fingerprint density at radius 2 is 1.44 bits per heavy atom. The number of fused-ring (bicyclic) bond motifs is 1. The highest BCUT2D eigenvalue weighted by molar-refractivity contribution is 7.92. The molecule has 0 heterocycles. The second-order valence-corrected chi connectivity index (χ2v) is 9.55. The summed E-state index contributed by atoms with van der Waals surface area (Å²) in [6.07, 6.45) is 0.232. The third-order valence-corrected chi connectivity index (χ3v) is 6.55. The molecule has 0 aliphatic rings. The van der Waals surface area contributed by atoms with E-state index in [1.165, 1.54) is 12.1 Å². The molecule has 0 atom stereocenters. The summed E-state index contributed by atoms with van der Waals surface area (Å²) in [4.78, 5) is 12.7. The summed E-state index contributed by atoms with van der Waals surface area (Å²) in [6.45, 7) is 3.83. The van der Waals surface area contributed by atoms with Crippen LogP contribution >= 0.6 is 0 Å². The van der Waals surface area contributed by atoms with E-state index in [9.17, 15) is 13.2 Å². The number of carbonyl (C=O) groups excluding carboxylic acids is 1. The molecule has 162 valence electrons. The van der Waals surface area contributed by atoms with Crippen molar-refractivity contribution < 1.29 is 13.2 Å². The Hall–Kier alpha value is -3.64. The SMILES string of the molecule is Cc1cc(C)cc(NS(=O)(=O)c2ccc(NC(=O)Cc3cccc4ccccc34)cc2)c1. The van der Waals surface area contributed by atoms with Gasteiger partial charge in [-0.1, -0.05) is 48.5 Å². The van der Waals surface area contributed by atoms with Gasteiger partial charge in [-0.2, -0.15) is 0 Å². The van der Waals surface area contributed by atoms with Gasteiger partial charge in [-0.25, -0.2) is 8.42 Å². The second kappa shape index (κ2) is 8.85. The highest BCUT2D eigenvalue weighted by Crippen LogP contribution is 2.22. The van der Waals surface area contributed by atoms with Crippen LogP contribution in [0.1, 0.15) is 16.7 Å². The first-order valence-corrected chi connectivity index (χ1v) is 11.8. The lowest BCUT2D eigenvalue weighted by Crippen LogP contribution is -2.15. The molecule has 6 heteroatoms. The molecule has 0 unspecified atom stereocenters. The summed E-state index contributed by atoms with van der Waals surface area (Å²) < 4.78 is 28.1. The minimum Gasteiger partial charge on any atom is -0.326 e. The Balaban J connectivity index is 1.45. The molecule has 0 saturated heterocycles. The molecule has 0 fully saturated rings. The van der Waals surface area contributed by atoms with Crippen LogP contribution in [0.4, 0.5) is 11.4 Å². The van der Waals surface area contributed by atoms with Crippen molar-refractivity contribution in [1.82, 2.24) is 0 Å². The van der Waals surface area contributed by atoms with Crippen LogP contribution in [0.15, 0.2) is 89.8 Å². The Bertz CT molecular complexity index is 1370. The molecule has 2 N–H and O–H groups in total. The molecule has 1 amide bonds. The van der Waals surface area contributed by atoms with E-state index in [0.717, 1.165) is 27.5 Å². The van der Waals surface area contributed by atoms with E-state index in [1.807, 2.05) is 62.4 Å². The maximum absolute atomic E-state index is 12.7. The van der Waals surface area contributed by atoms with Crippen LogP contribution < -0.4 is 10.0 Å². The van der Waals surface area contributed by atoms with Crippen LogP contribution in [0.25, 0.3) is 10.8 Å². The molecule has 32 heavy (non-hydrogen) atoms. The highest BCUT2D eigenvalue weighted by atomic mass is 32.2. The van der Waals surface area contributed by atoms with Crippen molar-refractivity contribution in [2.75, 3.05) is 10.0 Å². The molecule has 0 aromatic heterocycles. The van der Waals surface area contributed by atoms with E-state index in [0.29, 0.717) is 11.4 Å². The summed E-state index contributed by atoms with van der Waals surface area (Å²) >= 11 is 0. The van der Waals surface area contributed by atoms with Crippen molar-refractivity contribution >= 4 is 38.1 Å². The molecule has 0 saturated carbocycles. The molecule has 0 aliphatic carbocycles. The maximum atomic E-state index is 12.7. The van der Waals surface area contributed by atoms with Crippen molar-refractivity contribution in [2.24, 2.45) is 0 Å².